The summed E-state index contributed by atoms with van der Waals surface area (Å²) in [6.07, 6.45) is 5.83. The first kappa shape index (κ1) is 13.0. The Morgan fingerprint density at radius 3 is 2.46 bits per heavy atom. The Hall–Kier alpha value is 0.0200. The summed E-state index contributed by atoms with van der Waals surface area (Å²) < 4.78 is 0. The first-order chi connectivity index (χ1) is 6.22. The van der Waals surface area contributed by atoms with E-state index in [1.165, 1.54) is 31.0 Å². The van der Waals surface area contributed by atoms with E-state index in [1.54, 1.807) is 0 Å². The van der Waals surface area contributed by atoms with Gasteiger partial charge in [-0.25, -0.2) is 0 Å². The van der Waals surface area contributed by atoms with Crippen molar-refractivity contribution in [2.75, 3.05) is 5.75 Å². The summed E-state index contributed by atoms with van der Waals surface area (Å²) in [5.41, 5.74) is 0. The Morgan fingerprint density at radius 2 is 1.92 bits per heavy atom. The Balaban J connectivity index is 3.38. The molecule has 0 saturated heterocycles. The number of carbonyl (C=O) groups excluding carboxylic acids is 1. The van der Waals surface area contributed by atoms with Gasteiger partial charge in [-0.15, -0.1) is 0 Å². The van der Waals surface area contributed by atoms with E-state index in [1.807, 2.05) is 6.92 Å². The molecule has 0 radical (unpaired) electrons. The summed E-state index contributed by atoms with van der Waals surface area (Å²) in [5.74, 6) is 1.28. The molecule has 78 valence electrons. The van der Waals surface area contributed by atoms with Gasteiger partial charge >= 0.3 is 0 Å². The third kappa shape index (κ3) is 7.12. The zero-order valence-corrected chi connectivity index (χ0v) is 9.95. The Labute approximate surface area is 86.7 Å². The van der Waals surface area contributed by atoms with Crippen LogP contribution < -0.4 is 0 Å². The normalized spacial score (nSPS) is 12.8. The fraction of sp³-hybridized carbons (Fsp3) is 0.909. The smallest absolute Gasteiger partial charge is 0.191 e. The molecule has 2 heteroatoms. The van der Waals surface area contributed by atoms with E-state index in [4.69, 9.17) is 0 Å². The van der Waals surface area contributed by atoms with Gasteiger partial charge in [0.25, 0.3) is 0 Å². The highest BCUT2D eigenvalue weighted by molar-refractivity contribution is 8.13. The Morgan fingerprint density at radius 1 is 1.23 bits per heavy atom. The average Bonchev–Trinajstić information content (AvgIpc) is 2.12. The van der Waals surface area contributed by atoms with Crippen LogP contribution >= 0.6 is 11.8 Å². The molecule has 0 amide bonds. The summed E-state index contributed by atoms with van der Waals surface area (Å²) in [4.78, 5) is 11.5. The molecule has 0 rings (SSSR count). The molecular formula is C11H22OS. The number of hydrogen-bond donors (Lipinski definition) is 0. The second-order valence-corrected chi connectivity index (χ2v) is 4.66. The van der Waals surface area contributed by atoms with Crippen LogP contribution in [0.3, 0.4) is 0 Å². The second kappa shape index (κ2) is 8.61. The SMILES string of the molecule is CCCCCSC(=O)C(C)CCC. The predicted molar refractivity (Wildman–Crippen MR) is 61.1 cm³/mol. The molecule has 0 aromatic carbocycles. The number of hydrogen-bond acceptors (Lipinski definition) is 2. The molecule has 0 aromatic rings. The topological polar surface area (TPSA) is 17.1 Å². The standard InChI is InChI=1S/C11H22OS/c1-4-6-7-9-13-11(12)10(3)8-5-2/h10H,4-9H2,1-3H3. The molecule has 0 aromatic heterocycles. The molecule has 0 aliphatic carbocycles. The van der Waals surface area contributed by atoms with Crippen molar-refractivity contribution in [1.29, 1.82) is 0 Å². The van der Waals surface area contributed by atoms with Crippen molar-refractivity contribution < 1.29 is 4.79 Å². The molecule has 0 N–H and O–H groups in total. The number of thioether (sulfide) groups is 1. The van der Waals surface area contributed by atoms with Gasteiger partial charge < -0.3 is 0 Å². The lowest BCUT2D eigenvalue weighted by molar-refractivity contribution is -0.114. The third-order valence-electron chi connectivity index (χ3n) is 2.12. The minimum Gasteiger partial charge on any atom is -0.287 e. The van der Waals surface area contributed by atoms with E-state index in [0.29, 0.717) is 5.12 Å². The first-order valence-corrected chi connectivity index (χ1v) is 6.37. The molecule has 0 aliphatic heterocycles. The fourth-order valence-electron chi connectivity index (χ4n) is 1.22. The maximum absolute atomic E-state index is 11.5. The van der Waals surface area contributed by atoms with E-state index >= 15 is 0 Å². The van der Waals surface area contributed by atoms with Gasteiger partial charge in [-0.2, -0.15) is 0 Å². The van der Waals surface area contributed by atoms with Gasteiger partial charge in [0.05, 0.1) is 0 Å². The van der Waals surface area contributed by atoms with Crippen LogP contribution in [0.15, 0.2) is 0 Å². The molecule has 1 unspecified atom stereocenters. The van der Waals surface area contributed by atoms with E-state index in [2.05, 4.69) is 13.8 Å². The van der Waals surface area contributed by atoms with E-state index in [9.17, 15) is 4.79 Å². The molecule has 0 aliphatic rings. The number of carbonyl (C=O) groups is 1. The zero-order chi connectivity index (χ0) is 10.1. The van der Waals surface area contributed by atoms with E-state index in [-0.39, 0.29) is 5.92 Å². The van der Waals surface area contributed by atoms with Crippen molar-refractivity contribution in [3.63, 3.8) is 0 Å². The quantitative estimate of drug-likeness (QED) is 0.583. The average molecular weight is 202 g/mol. The first-order valence-electron chi connectivity index (χ1n) is 5.39. The number of unbranched alkanes of at least 4 members (excludes halogenated alkanes) is 2. The van der Waals surface area contributed by atoms with Gasteiger partial charge in [-0.1, -0.05) is 51.8 Å². The van der Waals surface area contributed by atoms with Crippen molar-refractivity contribution in [3.8, 4) is 0 Å². The van der Waals surface area contributed by atoms with Gasteiger partial charge in [0, 0.05) is 11.7 Å². The highest BCUT2D eigenvalue weighted by Crippen LogP contribution is 2.17. The van der Waals surface area contributed by atoms with Crippen molar-refractivity contribution in [3.05, 3.63) is 0 Å². The Bertz CT molecular complexity index is 134. The summed E-state index contributed by atoms with van der Waals surface area (Å²) in [5, 5.41) is 0.387. The van der Waals surface area contributed by atoms with Crippen LogP contribution in [0.4, 0.5) is 0 Å². The van der Waals surface area contributed by atoms with Gasteiger partial charge in [-0.3, -0.25) is 4.79 Å². The highest BCUT2D eigenvalue weighted by atomic mass is 32.2. The molecule has 0 saturated carbocycles. The Kier molecular flexibility index (Phi) is 8.62. The second-order valence-electron chi connectivity index (χ2n) is 3.56. The molecule has 0 bridgehead atoms. The lowest BCUT2D eigenvalue weighted by Gasteiger charge is -2.07. The number of rotatable bonds is 7. The van der Waals surface area contributed by atoms with Crippen LogP contribution in [0.25, 0.3) is 0 Å². The lowest BCUT2D eigenvalue weighted by Crippen LogP contribution is -2.06. The van der Waals surface area contributed by atoms with Gasteiger partial charge in [0.15, 0.2) is 5.12 Å². The molecule has 0 fully saturated rings. The monoisotopic (exact) mass is 202 g/mol. The third-order valence-corrected chi connectivity index (χ3v) is 3.30. The van der Waals surface area contributed by atoms with Crippen LogP contribution in [-0.2, 0) is 4.79 Å². The lowest BCUT2D eigenvalue weighted by atomic mass is 10.1. The minimum atomic E-state index is 0.261. The van der Waals surface area contributed by atoms with Crippen molar-refractivity contribution in [1.82, 2.24) is 0 Å². The zero-order valence-electron chi connectivity index (χ0n) is 9.14. The molecule has 1 nitrogen and oxygen atoms in total. The van der Waals surface area contributed by atoms with Gasteiger partial charge in [-0.05, 0) is 12.8 Å². The van der Waals surface area contributed by atoms with Crippen LogP contribution in [0, 0.1) is 5.92 Å². The largest absolute Gasteiger partial charge is 0.287 e. The maximum Gasteiger partial charge on any atom is 0.191 e. The van der Waals surface area contributed by atoms with Gasteiger partial charge in [0.1, 0.15) is 0 Å². The highest BCUT2D eigenvalue weighted by Gasteiger charge is 2.11. The molecule has 0 heterocycles. The predicted octanol–water partition coefficient (Wildman–Crippen LogP) is 3.87. The van der Waals surface area contributed by atoms with E-state index in [0.717, 1.165) is 18.6 Å². The van der Waals surface area contributed by atoms with Crippen LogP contribution in [0.5, 0.6) is 0 Å². The van der Waals surface area contributed by atoms with Crippen molar-refractivity contribution in [2.45, 2.75) is 52.9 Å². The molecule has 0 spiro atoms. The minimum absolute atomic E-state index is 0.261. The molecular weight excluding hydrogens is 180 g/mol. The maximum atomic E-state index is 11.5. The summed E-state index contributed by atoms with van der Waals surface area (Å²) in [6, 6.07) is 0. The van der Waals surface area contributed by atoms with E-state index < -0.39 is 0 Å². The van der Waals surface area contributed by atoms with Crippen molar-refractivity contribution in [2.24, 2.45) is 5.92 Å². The summed E-state index contributed by atoms with van der Waals surface area (Å²) in [6.45, 7) is 6.36. The van der Waals surface area contributed by atoms with Gasteiger partial charge in [0.2, 0.25) is 0 Å². The summed E-state index contributed by atoms with van der Waals surface area (Å²) in [7, 11) is 0. The summed E-state index contributed by atoms with van der Waals surface area (Å²) >= 11 is 1.53. The molecule has 13 heavy (non-hydrogen) atoms. The van der Waals surface area contributed by atoms with Crippen molar-refractivity contribution >= 4 is 16.9 Å². The fourth-order valence-corrected chi connectivity index (χ4v) is 2.17. The van der Waals surface area contributed by atoms with Crippen LogP contribution in [0.2, 0.25) is 0 Å². The van der Waals surface area contributed by atoms with Crippen LogP contribution in [-0.4, -0.2) is 10.9 Å². The molecule has 1 atom stereocenters. The van der Waals surface area contributed by atoms with Crippen LogP contribution in [0.1, 0.15) is 52.9 Å².